The Morgan fingerprint density at radius 1 is 1.31 bits per heavy atom. The van der Waals surface area contributed by atoms with E-state index in [0.717, 1.165) is 17.8 Å². The summed E-state index contributed by atoms with van der Waals surface area (Å²) in [6.07, 6.45) is 4.40. The van der Waals surface area contributed by atoms with E-state index in [1.807, 2.05) is 0 Å². The number of fused-ring (bicyclic) bond motifs is 4. The molecule has 13 heavy (non-hydrogen) atoms. The lowest BCUT2D eigenvalue weighted by atomic mass is 9.70. The zero-order chi connectivity index (χ0) is 8.79. The highest BCUT2D eigenvalue weighted by Gasteiger charge is 2.69. The van der Waals surface area contributed by atoms with Crippen LogP contribution < -0.4 is 0 Å². The molecule has 0 aromatic heterocycles. The van der Waals surface area contributed by atoms with Crippen LogP contribution in [0, 0.1) is 17.8 Å². The molecular weight excluding hydrogens is 164 g/mol. The van der Waals surface area contributed by atoms with Crippen molar-refractivity contribution in [1.29, 1.82) is 0 Å². The zero-order valence-electron chi connectivity index (χ0n) is 8.19. The van der Waals surface area contributed by atoms with Crippen molar-refractivity contribution in [1.82, 2.24) is 0 Å². The van der Waals surface area contributed by atoms with Crippen molar-refractivity contribution in [2.75, 3.05) is 0 Å². The van der Waals surface area contributed by atoms with Gasteiger partial charge in [0.25, 0.3) is 0 Å². The summed E-state index contributed by atoms with van der Waals surface area (Å²) >= 11 is 0. The van der Waals surface area contributed by atoms with Crippen molar-refractivity contribution >= 4 is 0 Å². The minimum absolute atomic E-state index is 0.238. The summed E-state index contributed by atoms with van der Waals surface area (Å²) < 4.78 is 11.5. The Morgan fingerprint density at radius 2 is 2.15 bits per heavy atom. The van der Waals surface area contributed by atoms with Crippen molar-refractivity contribution in [2.45, 2.75) is 50.6 Å². The Labute approximate surface area is 78.6 Å². The summed E-state index contributed by atoms with van der Waals surface area (Å²) in [6.45, 7) is 4.65. The maximum Gasteiger partial charge on any atom is 0.0927 e. The first-order valence-corrected chi connectivity index (χ1v) is 5.52. The second-order valence-corrected chi connectivity index (χ2v) is 5.62. The predicted octanol–water partition coefficient (Wildman–Crippen LogP) is 1.59. The molecule has 2 nitrogen and oxygen atoms in total. The highest BCUT2D eigenvalue weighted by atomic mass is 16.6. The van der Waals surface area contributed by atoms with Crippen molar-refractivity contribution < 1.29 is 9.47 Å². The van der Waals surface area contributed by atoms with E-state index in [2.05, 4.69) is 13.8 Å². The standard InChI is InChI=1S/C11H16O2/c1-5-6-3-8-9(12-8)7(6)4-11(2)10(5)13-11/h5-10H,3-4H2,1-2H3. The van der Waals surface area contributed by atoms with Crippen molar-refractivity contribution in [3.8, 4) is 0 Å². The average molecular weight is 180 g/mol. The number of rotatable bonds is 0. The van der Waals surface area contributed by atoms with Crippen molar-refractivity contribution in [2.24, 2.45) is 17.8 Å². The van der Waals surface area contributed by atoms with Crippen LogP contribution >= 0.6 is 0 Å². The van der Waals surface area contributed by atoms with Gasteiger partial charge in [0.2, 0.25) is 0 Å². The summed E-state index contributed by atoms with van der Waals surface area (Å²) in [5.74, 6) is 2.51. The van der Waals surface area contributed by atoms with Crippen molar-refractivity contribution in [3.05, 3.63) is 0 Å². The summed E-state index contributed by atoms with van der Waals surface area (Å²) in [4.78, 5) is 0. The molecule has 2 aliphatic heterocycles. The van der Waals surface area contributed by atoms with Crippen LogP contribution in [-0.4, -0.2) is 23.9 Å². The molecule has 2 aliphatic carbocycles. The van der Waals surface area contributed by atoms with Crippen LogP contribution in [0.3, 0.4) is 0 Å². The number of ether oxygens (including phenoxy) is 2. The Kier molecular flexibility index (Phi) is 1.02. The van der Waals surface area contributed by atoms with E-state index >= 15 is 0 Å². The quantitative estimate of drug-likeness (QED) is 0.529. The van der Waals surface area contributed by atoms with Crippen LogP contribution in [0.2, 0.25) is 0 Å². The van der Waals surface area contributed by atoms with Gasteiger partial charge < -0.3 is 9.47 Å². The molecule has 2 heteroatoms. The summed E-state index contributed by atoms with van der Waals surface area (Å²) in [5, 5.41) is 0. The van der Waals surface area contributed by atoms with Crippen LogP contribution in [0.15, 0.2) is 0 Å². The SMILES string of the molecule is CC1C2CC3OC3C2CC2(C)OC12. The Hall–Kier alpha value is -0.0800. The van der Waals surface area contributed by atoms with Gasteiger partial charge in [0.05, 0.1) is 23.9 Å². The van der Waals surface area contributed by atoms with Crippen LogP contribution in [-0.2, 0) is 9.47 Å². The van der Waals surface area contributed by atoms with Gasteiger partial charge in [-0.15, -0.1) is 0 Å². The second-order valence-electron chi connectivity index (χ2n) is 5.62. The normalized spacial score (nSPS) is 72.5. The molecule has 0 aromatic carbocycles. The maximum atomic E-state index is 5.83. The van der Waals surface area contributed by atoms with Gasteiger partial charge in [-0.1, -0.05) is 6.92 Å². The number of hydrogen-bond acceptors (Lipinski definition) is 2. The third kappa shape index (κ3) is 0.736. The fourth-order valence-electron chi connectivity index (χ4n) is 4.06. The first kappa shape index (κ1) is 7.24. The van der Waals surface area contributed by atoms with E-state index in [9.17, 15) is 0 Å². The van der Waals surface area contributed by atoms with E-state index < -0.39 is 0 Å². The van der Waals surface area contributed by atoms with Crippen LogP contribution in [0.4, 0.5) is 0 Å². The fraction of sp³-hybridized carbons (Fsp3) is 1.00. The minimum Gasteiger partial charge on any atom is -0.369 e. The first-order valence-electron chi connectivity index (χ1n) is 5.52. The smallest absolute Gasteiger partial charge is 0.0927 e. The van der Waals surface area contributed by atoms with Gasteiger partial charge in [0, 0.05) is 0 Å². The molecule has 0 spiro atoms. The van der Waals surface area contributed by atoms with Gasteiger partial charge in [-0.2, -0.15) is 0 Å². The molecule has 0 radical (unpaired) electrons. The summed E-state index contributed by atoms with van der Waals surface area (Å²) in [7, 11) is 0. The van der Waals surface area contributed by atoms with Crippen molar-refractivity contribution in [3.63, 3.8) is 0 Å². The zero-order valence-corrected chi connectivity index (χ0v) is 8.19. The molecule has 2 saturated heterocycles. The van der Waals surface area contributed by atoms with Gasteiger partial charge in [0.1, 0.15) is 0 Å². The lowest BCUT2D eigenvalue weighted by molar-refractivity contribution is 0.115. The lowest BCUT2D eigenvalue weighted by Crippen LogP contribution is -2.36. The molecule has 4 fully saturated rings. The van der Waals surface area contributed by atoms with E-state index in [-0.39, 0.29) is 5.60 Å². The van der Waals surface area contributed by atoms with E-state index in [1.165, 1.54) is 12.8 Å². The second kappa shape index (κ2) is 1.82. The third-order valence-electron chi connectivity index (χ3n) is 4.83. The monoisotopic (exact) mass is 180 g/mol. The topological polar surface area (TPSA) is 25.1 Å². The van der Waals surface area contributed by atoms with E-state index in [0.29, 0.717) is 18.3 Å². The molecule has 72 valence electrons. The molecule has 2 heterocycles. The lowest BCUT2D eigenvalue weighted by Gasteiger charge is -2.32. The largest absolute Gasteiger partial charge is 0.369 e. The van der Waals surface area contributed by atoms with Gasteiger partial charge in [-0.25, -0.2) is 0 Å². The molecule has 4 rings (SSSR count). The molecule has 7 atom stereocenters. The molecule has 2 saturated carbocycles. The maximum absolute atomic E-state index is 5.83. The van der Waals surface area contributed by atoms with Crippen LogP contribution in [0.1, 0.15) is 26.7 Å². The van der Waals surface area contributed by atoms with Gasteiger partial charge >= 0.3 is 0 Å². The van der Waals surface area contributed by atoms with E-state index in [4.69, 9.17) is 9.47 Å². The Bertz CT molecular complexity index is 277. The number of hydrogen-bond donors (Lipinski definition) is 0. The summed E-state index contributed by atoms with van der Waals surface area (Å²) in [6, 6.07) is 0. The molecule has 0 bridgehead atoms. The first-order chi connectivity index (χ1) is 6.19. The van der Waals surface area contributed by atoms with Gasteiger partial charge in [0.15, 0.2) is 0 Å². The molecule has 7 unspecified atom stereocenters. The highest BCUT2D eigenvalue weighted by Crippen LogP contribution is 2.63. The Balaban J connectivity index is 1.69. The van der Waals surface area contributed by atoms with Gasteiger partial charge in [-0.3, -0.25) is 0 Å². The van der Waals surface area contributed by atoms with E-state index in [1.54, 1.807) is 0 Å². The predicted molar refractivity (Wildman–Crippen MR) is 47.3 cm³/mol. The Morgan fingerprint density at radius 3 is 3.00 bits per heavy atom. The van der Waals surface area contributed by atoms with Gasteiger partial charge in [-0.05, 0) is 37.5 Å². The molecule has 0 amide bonds. The minimum atomic E-state index is 0.238. The molecule has 0 N–H and O–H groups in total. The number of epoxide rings is 2. The average Bonchev–Trinajstić information content (AvgIpc) is 2.93. The highest BCUT2D eigenvalue weighted by molar-refractivity contribution is 5.16. The van der Waals surface area contributed by atoms with Crippen LogP contribution in [0.25, 0.3) is 0 Å². The fourth-order valence-corrected chi connectivity index (χ4v) is 4.06. The summed E-state index contributed by atoms with van der Waals surface area (Å²) in [5.41, 5.74) is 0.238. The molecular formula is C11H16O2. The van der Waals surface area contributed by atoms with Crippen LogP contribution in [0.5, 0.6) is 0 Å². The molecule has 0 aromatic rings. The molecule has 4 aliphatic rings. The third-order valence-corrected chi connectivity index (χ3v) is 4.83.